The van der Waals surface area contributed by atoms with Gasteiger partial charge in [-0.25, -0.2) is 13.4 Å². The Hall–Kier alpha value is -1.35. The Morgan fingerprint density at radius 1 is 1.33 bits per heavy atom. The van der Waals surface area contributed by atoms with E-state index in [1.807, 2.05) is 0 Å². The van der Waals surface area contributed by atoms with Crippen LogP contribution in [0.3, 0.4) is 0 Å². The molecule has 4 N–H and O–H groups in total. The van der Waals surface area contributed by atoms with Gasteiger partial charge in [0.1, 0.15) is 5.75 Å². The van der Waals surface area contributed by atoms with Gasteiger partial charge in [-0.1, -0.05) is 0 Å². The average molecular weight is 273 g/mol. The van der Waals surface area contributed by atoms with E-state index in [4.69, 9.17) is 10.5 Å². The molecule has 1 aromatic carbocycles. The molecule has 0 bridgehead atoms. The number of hydrazine groups is 1. The first-order valence-electron chi connectivity index (χ1n) is 5.43. The van der Waals surface area contributed by atoms with Crippen molar-refractivity contribution in [3.63, 3.8) is 0 Å². The molecule has 0 radical (unpaired) electrons. The second-order valence-electron chi connectivity index (χ2n) is 3.91. The topological polar surface area (TPSA) is 105 Å². The summed E-state index contributed by atoms with van der Waals surface area (Å²) in [5, 5.41) is 10.8. The van der Waals surface area contributed by atoms with Crippen molar-refractivity contribution >= 4 is 15.7 Å². The molecule has 1 heterocycles. The summed E-state index contributed by atoms with van der Waals surface area (Å²) >= 11 is 0. The molecule has 100 valence electrons. The Bertz CT molecular complexity index is 526. The van der Waals surface area contributed by atoms with Gasteiger partial charge in [0.15, 0.2) is 0 Å². The van der Waals surface area contributed by atoms with Gasteiger partial charge in [0.05, 0.1) is 23.8 Å². The number of nitrogens with two attached hydrogens (primary N) is 1. The molecule has 18 heavy (non-hydrogen) atoms. The number of rotatable bonds is 3. The van der Waals surface area contributed by atoms with E-state index in [-0.39, 0.29) is 16.3 Å². The molecule has 1 aliphatic heterocycles. The lowest BCUT2D eigenvalue weighted by atomic mass is 10.3. The zero-order valence-electron chi connectivity index (χ0n) is 9.67. The number of anilines is 1. The lowest BCUT2D eigenvalue weighted by Gasteiger charge is -2.26. The summed E-state index contributed by atoms with van der Waals surface area (Å²) in [7, 11) is -3.67. The molecule has 1 aliphatic rings. The molecule has 0 amide bonds. The molecule has 0 unspecified atom stereocenters. The number of phenolic OH excluding ortho intramolecular Hbond substituents is 1. The number of hydrogen-bond acceptors (Lipinski definition) is 6. The Morgan fingerprint density at radius 3 is 2.61 bits per heavy atom. The predicted molar refractivity (Wildman–Crippen MR) is 65.2 cm³/mol. The van der Waals surface area contributed by atoms with E-state index in [2.05, 4.69) is 4.83 Å². The van der Waals surface area contributed by atoms with Crippen LogP contribution in [-0.4, -0.2) is 44.8 Å². The fourth-order valence-corrected chi connectivity index (χ4v) is 2.73. The Balaban J connectivity index is 2.16. The Morgan fingerprint density at radius 2 is 2.00 bits per heavy atom. The number of nitrogen functional groups attached to an aromatic ring is 1. The number of sulfonamides is 1. The highest BCUT2D eigenvalue weighted by molar-refractivity contribution is 7.89. The van der Waals surface area contributed by atoms with Crippen molar-refractivity contribution in [1.29, 1.82) is 0 Å². The summed E-state index contributed by atoms with van der Waals surface area (Å²) in [6.45, 7) is 1.96. The number of hydrogen-bond donors (Lipinski definition) is 3. The van der Waals surface area contributed by atoms with Gasteiger partial charge in [-0.15, -0.1) is 4.83 Å². The fraction of sp³-hybridized carbons (Fsp3) is 0.400. The van der Waals surface area contributed by atoms with Crippen LogP contribution in [0, 0.1) is 0 Å². The van der Waals surface area contributed by atoms with Gasteiger partial charge >= 0.3 is 0 Å². The summed E-state index contributed by atoms with van der Waals surface area (Å²) in [6, 6.07) is 3.77. The summed E-state index contributed by atoms with van der Waals surface area (Å²) in [5.74, 6) is -0.139. The van der Waals surface area contributed by atoms with Crippen molar-refractivity contribution in [2.45, 2.75) is 4.90 Å². The Labute approximate surface area is 105 Å². The molecular formula is C10H15N3O4S. The first-order chi connectivity index (χ1) is 8.49. The highest BCUT2D eigenvalue weighted by Crippen LogP contribution is 2.23. The van der Waals surface area contributed by atoms with Crippen molar-refractivity contribution < 1.29 is 18.3 Å². The molecule has 0 aliphatic carbocycles. The number of benzene rings is 1. The van der Waals surface area contributed by atoms with Crippen LogP contribution in [0.2, 0.25) is 0 Å². The minimum absolute atomic E-state index is 0.0179. The third kappa shape index (κ3) is 2.91. The van der Waals surface area contributed by atoms with Crippen LogP contribution in [-0.2, 0) is 14.8 Å². The van der Waals surface area contributed by atoms with Crippen molar-refractivity contribution in [2.24, 2.45) is 0 Å². The summed E-state index contributed by atoms with van der Waals surface area (Å²) < 4.78 is 29.2. The lowest BCUT2D eigenvalue weighted by molar-refractivity contribution is 0.0272. The van der Waals surface area contributed by atoms with Gasteiger partial charge in [-0.3, -0.25) is 0 Å². The zero-order valence-corrected chi connectivity index (χ0v) is 10.5. The highest BCUT2D eigenvalue weighted by atomic mass is 32.2. The monoisotopic (exact) mass is 273 g/mol. The lowest BCUT2D eigenvalue weighted by Crippen LogP contribution is -2.48. The minimum atomic E-state index is -3.67. The van der Waals surface area contributed by atoms with E-state index in [0.717, 1.165) is 0 Å². The normalized spacial score (nSPS) is 17.8. The third-order valence-corrected chi connectivity index (χ3v) is 3.94. The van der Waals surface area contributed by atoms with Crippen LogP contribution >= 0.6 is 0 Å². The number of nitrogens with zero attached hydrogens (tertiary/aromatic N) is 1. The predicted octanol–water partition coefficient (Wildman–Crippen LogP) is -0.500. The van der Waals surface area contributed by atoms with E-state index in [9.17, 15) is 13.5 Å². The van der Waals surface area contributed by atoms with E-state index in [1.165, 1.54) is 18.2 Å². The molecule has 7 nitrogen and oxygen atoms in total. The SMILES string of the molecule is Nc1cc(S(=O)(=O)NN2CCOCC2)ccc1O. The van der Waals surface area contributed by atoms with Gasteiger partial charge in [-0.2, -0.15) is 0 Å². The van der Waals surface area contributed by atoms with E-state index >= 15 is 0 Å². The molecule has 1 fully saturated rings. The molecule has 1 aromatic rings. The van der Waals surface area contributed by atoms with Gasteiger partial charge in [0.2, 0.25) is 0 Å². The van der Waals surface area contributed by atoms with Crippen LogP contribution in [0.25, 0.3) is 0 Å². The quantitative estimate of drug-likeness (QED) is 0.506. The van der Waals surface area contributed by atoms with Crippen LogP contribution in [0.15, 0.2) is 23.1 Å². The number of aromatic hydroxyl groups is 1. The minimum Gasteiger partial charge on any atom is -0.506 e. The number of ether oxygens (including phenoxy) is 1. The molecule has 0 saturated carbocycles. The van der Waals surface area contributed by atoms with Gasteiger partial charge in [0, 0.05) is 13.1 Å². The smallest absolute Gasteiger partial charge is 0.253 e. The number of phenols is 1. The van der Waals surface area contributed by atoms with Gasteiger partial charge < -0.3 is 15.6 Å². The molecule has 0 aromatic heterocycles. The third-order valence-electron chi connectivity index (χ3n) is 2.57. The van der Waals surface area contributed by atoms with Crippen molar-refractivity contribution in [3.8, 4) is 5.75 Å². The molecular weight excluding hydrogens is 258 g/mol. The molecule has 2 rings (SSSR count). The van der Waals surface area contributed by atoms with Crippen molar-refractivity contribution in [2.75, 3.05) is 32.0 Å². The zero-order chi connectivity index (χ0) is 13.2. The maximum absolute atomic E-state index is 12.0. The maximum Gasteiger partial charge on any atom is 0.253 e. The maximum atomic E-state index is 12.0. The van der Waals surface area contributed by atoms with Crippen LogP contribution in [0.4, 0.5) is 5.69 Å². The van der Waals surface area contributed by atoms with E-state index in [0.29, 0.717) is 26.3 Å². The summed E-state index contributed by atoms with van der Waals surface area (Å²) in [4.78, 5) is 2.46. The molecule has 0 spiro atoms. The Kier molecular flexibility index (Phi) is 3.71. The van der Waals surface area contributed by atoms with Crippen LogP contribution < -0.4 is 10.6 Å². The van der Waals surface area contributed by atoms with E-state index in [1.54, 1.807) is 5.01 Å². The van der Waals surface area contributed by atoms with Crippen LogP contribution in [0.1, 0.15) is 0 Å². The largest absolute Gasteiger partial charge is 0.506 e. The van der Waals surface area contributed by atoms with Crippen LogP contribution in [0.5, 0.6) is 5.75 Å². The van der Waals surface area contributed by atoms with Gasteiger partial charge in [0.25, 0.3) is 10.0 Å². The van der Waals surface area contributed by atoms with Gasteiger partial charge in [-0.05, 0) is 18.2 Å². The molecule has 0 atom stereocenters. The summed E-state index contributed by atoms with van der Waals surface area (Å²) in [5.41, 5.74) is 5.50. The number of nitrogens with one attached hydrogen (secondary N) is 1. The average Bonchev–Trinajstić information content (AvgIpc) is 2.33. The standard InChI is InChI=1S/C10H15N3O4S/c11-9-7-8(1-2-10(9)14)18(15,16)12-13-3-5-17-6-4-13/h1-2,7,12,14H,3-6,11H2. The molecule has 1 saturated heterocycles. The van der Waals surface area contributed by atoms with E-state index < -0.39 is 10.0 Å². The first kappa shape index (κ1) is 13.1. The van der Waals surface area contributed by atoms with Crippen molar-refractivity contribution in [1.82, 2.24) is 9.84 Å². The number of morpholine rings is 1. The fourth-order valence-electron chi connectivity index (χ4n) is 1.58. The second kappa shape index (κ2) is 5.11. The van der Waals surface area contributed by atoms with Crippen molar-refractivity contribution in [3.05, 3.63) is 18.2 Å². The summed E-state index contributed by atoms with van der Waals surface area (Å²) in [6.07, 6.45) is 0. The second-order valence-corrected chi connectivity index (χ2v) is 5.58. The first-order valence-corrected chi connectivity index (χ1v) is 6.91. The highest BCUT2D eigenvalue weighted by Gasteiger charge is 2.20. The molecule has 8 heteroatoms.